The van der Waals surface area contributed by atoms with Crippen LogP contribution in [0.5, 0.6) is 0 Å². The molecule has 0 spiro atoms. The van der Waals surface area contributed by atoms with Crippen LogP contribution in [0, 0.1) is 0 Å². The van der Waals surface area contributed by atoms with Gasteiger partial charge in [-0.25, -0.2) is 0 Å². The minimum atomic E-state index is -0.0245. The van der Waals surface area contributed by atoms with Crippen molar-refractivity contribution < 1.29 is 4.79 Å². The first-order valence-corrected chi connectivity index (χ1v) is 6.55. The molecule has 1 heterocycles. The fourth-order valence-electron chi connectivity index (χ4n) is 1.68. The van der Waals surface area contributed by atoms with E-state index in [-0.39, 0.29) is 11.9 Å². The number of fused-ring (bicyclic) bond motifs is 1. The topological polar surface area (TPSA) is 55.1 Å². The van der Waals surface area contributed by atoms with Crippen molar-refractivity contribution in [3.8, 4) is 0 Å². The van der Waals surface area contributed by atoms with Gasteiger partial charge in [-0.1, -0.05) is 25.1 Å². The Morgan fingerprint density at radius 1 is 1.47 bits per heavy atom. The number of carbonyl (C=O) groups excluding carboxylic acids is 1. The molecule has 1 atom stereocenters. The molecule has 1 aromatic carbocycles. The molecule has 0 aliphatic rings. The maximum Gasteiger partial charge on any atom is 0.261 e. The summed E-state index contributed by atoms with van der Waals surface area (Å²) >= 11 is 1.52. The van der Waals surface area contributed by atoms with Crippen molar-refractivity contribution in [3.05, 3.63) is 35.2 Å². The van der Waals surface area contributed by atoms with Crippen molar-refractivity contribution in [2.75, 3.05) is 6.54 Å². The van der Waals surface area contributed by atoms with Crippen LogP contribution in [-0.2, 0) is 0 Å². The summed E-state index contributed by atoms with van der Waals surface area (Å²) in [6.07, 6.45) is 0.854. The lowest BCUT2D eigenvalue weighted by Crippen LogP contribution is -2.39. The molecule has 0 bridgehead atoms. The summed E-state index contributed by atoms with van der Waals surface area (Å²) < 4.78 is 1.14. The molecule has 0 saturated carbocycles. The van der Waals surface area contributed by atoms with Crippen LogP contribution in [0.1, 0.15) is 23.0 Å². The smallest absolute Gasteiger partial charge is 0.261 e. The van der Waals surface area contributed by atoms with E-state index in [4.69, 9.17) is 5.73 Å². The SMILES string of the molecule is CCC(CN)NC(=O)c1cc2ccccc2s1. The highest BCUT2D eigenvalue weighted by Gasteiger charge is 2.13. The molecular weight excluding hydrogens is 232 g/mol. The monoisotopic (exact) mass is 248 g/mol. The number of amides is 1. The number of benzene rings is 1. The third kappa shape index (κ3) is 2.65. The lowest BCUT2D eigenvalue weighted by molar-refractivity contribution is 0.0941. The summed E-state index contributed by atoms with van der Waals surface area (Å²) in [5, 5.41) is 4.05. The second kappa shape index (κ2) is 5.29. The average Bonchev–Trinajstić information content (AvgIpc) is 2.79. The van der Waals surface area contributed by atoms with Crippen molar-refractivity contribution in [1.29, 1.82) is 0 Å². The number of thiophene rings is 1. The highest BCUT2D eigenvalue weighted by atomic mass is 32.1. The van der Waals surface area contributed by atoms with E-state index in [2.05, 4.69) is 5.32 Å². The third-order valence-electron chi connectivity index (χ3n) is 2.76. The van der Waals surface area contributed by atoms with Gasteiger partial charge < -0.3 is 11.1 Å². The Bertz CT molecular complexity index is 484. The van der Waals surface area contributed by atoms with Crippen molar-refractivity contribution in [3.63, 3.8) is 0 Å². The van der Waals surface area contributed by atoms with Crippen molar-refractivity contribution in [2.45, 2.75) is 19.4 Å². The van der Waals surface area contributed by atoms with E-state index in [0.717, 1.165) is 21.4 Å². The highest BCUT2D eigenvalue weighted by molar-refractivity contribution is 7.20. The summed E-state index contributed by atoms with van der Waals surface area (Å²) in [4.78, 5) is 12.7. The van der Waals surface area contributed by atoms with Gasteiger partial charge in [0.25, 0.3) is 5.91 Å². The predicted octanol–water partition coefficient (Wildman–Crippen LogP) is 2.37. The number of carbonyl (C=O) groups is 1. The molecule has 17 heavy (non-hydrogen) atoms. The summed E-state index contributed by atoms with van der Waals surface area (Å²) in [5.41, 5.74) is 5.57. The zero-order valence-electron chi connectivity index (χ0n) is 9.77. The van der Waals surface area contributed by atoms with Gasteiger partial charge in [0.05, 0.1) is 4.88 Å². The molecular formula is C13H16N2OS. The fourth-order valence-corrected chi connectivity index (χ4v) is 2.64. The van der Waals surface area contributed by atoms with E-state index in [1.165, 1.54) is 11.3 Å². The van der Waals surface area contributed by atoms with E-state index in [0.29, 0.717) is 6.54 Å². The van der Waals surface area contributed by atoms with Crippen LogP contribution in [0.2, 0.25) is 0 Å². The van der Waals surface area contributed by atoms with E-state index in [9.17, 15) is 4.79 Å². The quantitative estimate of drug-likeness (QED) is 0.872. The Kier molecular flexibility index (Phi) is 3.76. The van der Waals surface area contributed by atoms with Crippen LogP contribution >= 0.6 is 11.3 Å². The Hall–Kier alpha value is -1.39. The molecule has 3 N–H and O–H groups in total. The van der Waals surface area contributed by atoms with Crippen LogP contribution in [0.25, 0.3) is 10.1 Å². The first-order chi connectivity index (χ1) is 8.24. The number of hydrogen-bond acceptors (Lipinski definition) is 3. The van der Waals surface area contributed by atoms with Gasteiger partial charge in [0.2, 0.25) is 0 Å². The third-order valence-corrected chi connectivity index (χ3v) is 3.88. The molecule has 0 saturated heterocycles. The van der Waals surface area contributed by atoms with E-state index >= 15 is 0 Å². The molecule has 1 amide bonds. The van der Waals surface area contributed by atoms with Crippen LogP contribution in [-0.4, -0.2) is 18.5 Å². The maximum atomic E-state index is 12.0. The lowest BCUT2D eigenvalue weighted by atomic mass is 10.2. The van der Waals surface area contributed by atoms with E-state index < -0.39 is 0 Å². The second-order valence-corrected chi connectivity index (χ2v) is 5.05. The van der Waals surface area contributed by atoms with Crippen molar-refractivity contribution >= 4 is 27.3 Å². The normalized spacial score (nSPS) is 12.6. The molecule has 90 valence electrons. The van der Waals surface area contributed by atoms with E-state index in [1.807, 2.05) is 37.3 Å². The summed E-state index contributed by atoms with van der Waals surface area (Å²) in [5.74, 6) is -0.0245. The maximum absolute atomic E-state index is 12.0. The first-order valence-electron chi connectivity index (χ1n) is 5.74. The zero-order chi connectivity index (χ0) is 12.3. The minimum Gasteiger partial charge on any atom is -0.347 e. The molecule has 2 rings (SSSR count). The second-order valence-electron chi connectivity index (χ2n) is 3.96. The minimum absolute atomic E-state index is 0.0245. The van der Waals surface area contributed by atoms with Gasteiger partial charge in [-0.05, 0) is 23.9 Å². The number of nitrogens with two attached hydrogens (primary N) is 1. The Balaban J connectivity index is 2.19. The molecule has 2 aromatic rings. The fraction of sp³-hybridized carbons (Fsp3) is 0.308. The molecule has 3 nitrogen and oxygen atoms in total. The van der Waals surface area contributed by atoms with Gasteiger partial charge in [0.15, 0.2) is 0 Å². The van der Waals surface area contributed by atoms with Crippen LogP contribution in [0.3, 0.4) is 0 Å². The van der Waals surface area contributed by atoms with Gasteiger partial charge in [-0.15, -0.1) is 11.3 Å². The largest absolute Gasteiger partial charge is 0.347 e. The Morgan fingerprint density at radius 2 is 2.24 bits per heavy atom. The first kappa shape index (κ1) is 12.1. The predicted molar refractivity (Wildman–Crippen MR) is 72.4 cm³/mol. The zero-order valence-corrected chi connectivity index (χ0v) is 10.6. The number of hydrogen-bond donors (Lipinski definition) is 2. The molecule has 0 fully saturated rings. The van der Waals surface area contributed by atoms with Crippen molar-refractivity contribution in [1.82, 2.24) is 5.32 Å². The lowest BCUT2D eigenvalue weighted by Gasteiger charge is -2.13. The molecule has 0 aliphatic heterocycles. The van der Waals surface area contributed by atoms with Gasteiger partial charge >= 0.3 is 0 Å². The Morgan fingerprint density at radius 3 is 2.88 bits per heavy atom. The van der Waals surface area contributed by atoms with Crippen molar-refractivity contribution in [2.24, 2.45) is 5.73 Å². The Labute approximate surface area is 105 Å². The molecule has 0 radical (unpaired) electrons. The van der Waals surface area contributed by atoms with Gasteiger partial charge in [-0.2, -0.15) is 0 Å². The summed E-state index contributed by atoms with van der Waals surface area (Å²) in [6.45, 7) is 2.50. The highest BCUT2D eigenvalue weighted by Crippen LogP contribution is 2.25. The standard InChI is InChI=1S/C13H16N2OS/c1-2-10(8-14)15-13(16)12-7-9-5-3-4-6-11(9)17-12/h3-7,10H,2,8,14H2,1H3,(H,15,16). The van der Waals surface area contributed by atoms with Gasteiger partial charge in [0, 0.05) is 17.3 Å². The van der Waals surface area contributed by atoms with E-state index in [1.54, 1.807) is 0 Å². The van der Waals surface area contributed by atoms with Crippen LogP contribution in [0.4, 0.5) is 0 Å². The van der Waals surface area contributed by atoms with Gasteiger partial charge in [-0.3, -0.25) is 4.79 Å². The summed E-state index contributed by atoms with van der Waals surface area (Å²) in [6, 6.07) is 9.99. The summed E-state index contributed by atoms with van der Waals surface area (Å²) in [7, 11) is 0. The number of rotatable bonds is 4. The number of nitrogens with one attached hydrogen (secondary N) is 1. The molecule has 4 heteroatoms. The van der Waals surface area contributed by atoms with Crippen LogP contribution < -0.4 is 11.1 Å². The van der Waals surface area contributed by atoms with Gasteiger partial charge in [0.1, 0.15) is 0 Å². The average molecular weight is 248 g/mol. The molecule has 1 aromatic heterocycles. The molecule has 1 unspecified atom stereocenters. The van der Waals surface area contributed by atoms with Crippen LogP contribution in [0.15, 0.2) is 30.3 Å². The molecule has 0 aliphatic carbocycles.